The molecule has 4 aromatic rings. The standard InChI is InChI=1S/C21H21ClFN7O2/c1-10(14-8-27-30(21(2,3)4)20(32)16(14)22)29-19-15(18(24)25-9-26-19)17(28-29)11-5-12(23)7-13(31)6-11/h5-10,31H,1-4H3,(H2,24,25,26). The number of phenols is 1. The number of aromatic nitrogens is 6. The van der Waals surface area contributed by atoms with Crippen molar-refractivity contribution in [2.24, 2.45) is 0 Å². The van der Waals surface area contributed by atoms with Crippen molar-refractivity contribution in [3.63, 3.8) is 0 Å². The van der Waals surface area contributed by atoms with Crippen LogP contribution in [0.1, 0.15) is 39.3 Å². The zero-order chi connectivity index (χ0) is 23.4. The molecule has 3 aromatic heterocycles. The second kappa shape index (κ2) is 7.56. The first-order valence-corrected chi connectivity index (χ1v) is 10.1. The highest BCUT2D eigenvalue weighted by Crippen LogP contribution is 2.35. The number of nitrogens with two attached hydrogens (primary N) is 1. The van der Waals surface area contributed by atoms with E-state index in [1.165, 1.54) is 34.0 Å². The van der Waals surface area contributed by atoms with Crippen LogP contribution in [0.4, 0.5) is 10.2 Å². The minimum atomic E-state index is -0.635. The molecule has 0 amide bonds. The van der Waals surface area contributed by atoms with Crippen molar-refractivity contribution >= 4 is 28.5 Å². The van der Waals surface area contributed by atoms with Gasteiger partial charge < -0.3 is 10.8 Å². The Morgan fingerprint density at radius 3 is 2.59 bits per heavy atom. The van der Waals surface area contributed by atoms with Crippen LogP contribution in [0.25, 0.3) is 22.3 Å². The van der Waals surface area contributed by atoms with Gasteiger partial charge in [0.15, 0.2) is 5.65 Å². The van der Waals surface area contributed by atoms with Crippen molar-refractivity contribution in [2.45, 2.75) is 39.3 Å². The third-order valence-electron chi connectivity index (χ3n) is 5.07. The fourth-order valence-corrected chi connectivity index (χ4v) is 3.81. The van der Waals surface area contributed by atoms with Crippen LogP contribution in [-0.2, 0) is 5.54 Å². The van der Waals surface area contributed by atoms with Crippen molar-refractivity contribution in [3.05, 3.63) is 57.5 Å². The Kier molecular flexibility index (Phi) is 5.12. The van der Waals surface area contributed by atoms with Crippen molar-refractivity contribution in [2.75, 3.05) is 5.73 Å². The summed E-state index contributed by atoms with van der Waals surface area (Å²) < 4.78 is 16.8. The van der Waals surface area contributed by atoms with Crippen molar-refractivity contribution in [1.82, 2.24) is 29.5 Å². The highest BCUT2D eigenvalue weighted by atomic mass is 35.5. The molecule has 11 heteroatoms. The predicted molar refractivity (Wildman–Crippen MR) is 119 cm³/mol. The average molecular weight is 458 g/mol. The molecule has 1 aromatic carbocycles. The Bertz CT molecular complexity index is 1390. The minimum absolute atomic E-state index is 0.0121. The summed E-state index contributed by atoms with van der Waals surface area (Å²) in [5, 5.41) is 19.1. The Hall–Kier alpha value is -3.53. The summed E-state index contributed by atoms with van der Waals surface area (Å²) in [4.78, 5) is 21.1. The number of fused-ring (bicyclic) bond motifs is 1. The fraction of sp³-hybridized carbons (Fsp3) is 0.286. The van der Waals surface area contributed by atoms with Gasteiger partial charge in [0.05, 0.1) is 23.2 Å². The molecule has 1 unspecified atom stereocenters. The van der Waals surface area contributed by atoms with Crippen LogP contribution < -0.4 is 11.3 Å². The van der Waals surface area contributed by atoms with Crippen LogP contribution in [-0.4, -0.2) is 34.6 Å². The first-order valence-electron chi connectivity index (χ1n) is 9.76. The number of phenolic OH excluding ortho intramolecular Hbond substituents is 1. The number of aromatic hydroxyl groups is 1. The molecule has 4 rings (SSSR count). The highest BCUT2D eigenvalue weighted by molar-refractivity contribution is 6.31. The second-order valence-corrected chi connectivity index (χ2v) is 8.80. The van der Waals surface area contributed by atoms with E-state index in [1.807, 2.05) is 20.8 Å². The zero-order valence-electron chi connectivity index (χ0n) is 17.8. The fourth-order valence-electron chi connectivity index (χ4n) is 3.52. The molecular weight excluding hydrogens is 437 g/mol. The summed E-state index contributed by atoms with van der Waals surface area (Å²) in [5.74, 6) is -0.756. The molecule has 3 heterocycles. The van der Waals surface area contributed by atoms with Gasteiger partial charge in [0.25, 0.3) is 5.56 Å². The molecule has 166 valence electrons. The molecule has 0 bridgehead atoms. The molecule has 32 heavy (non-hydrogen) atoms. The van der Waals surface area contributed by atoms with Gasteiger partial charge in [0.2, 0.25) is 0 Å². The molecule has 0 radical (unpaired) electrons. The lowest BCUT2D eigenvalue weighted by Gasteiger charge is -2.22. The Labute approximate surface area is 187 Å². The first-order chi connectivity index (χ1) is 15.0. The van der Waals surface area contributed by atoms with Crippen LogP contribution in [0, 0.1) is 5.82 Å². The van der Waals surface area contributed by atoms with Crippen LogP contribution in [0.3, 0.4) is 0 Å². The quantitative estimate of drug-likeness (QED) is 0.482. The minimum Gasteiger partial charge on any atom is -0.508 e. The maximum Gasteiger partial charge on any atom is 0.286 e. The third kappa shape index (κ3) is 3.56. The summed E-state index contributed by atoms with van der Waals surface area (Å²) in [6.45, 7) is 7.33. The summed E-state index contributed by atoms with van der Waals surface area (Å²) in [5.41, 5.74) is 6.50. The van der Waals surface area contributed by atoms with Gasteiger partial charge in [-0.25, -0.2) is 23.7 Å². The Morgan fingerprint density at radius 1 is 1.22 bits per heavy atom. The number of rotatable bonds is 3. The van der Waals surface area contributed by atoms with Gasteiger partial charge in [0, 0.05) is 17.2 Å². The lowest BCUT2D eigenvalue weighted by Crippen LogP contribution is -2.37. The average Bonchev–Trinajstić information content (AvgIpc) is 3.09. The van der Waals surface area contributed by atoms with Gasteiger partial charge in [0.1, 0.15) is 34.4 Å². The molecule has 3 N–H and O–H groups in total. The molecule has 1 atom stereocenters. The molecule has 9 nitrogen and oxygen atoms in total. The first kappa shape index (κ1) is 21.7. The van der Waals surface area contributed by atoms with Gasteiger partial charge in [-0.15, -0.1) is 0 Å². The lowest BCUT2D eigenvalue weighted by atomic mass is 10.1. The Morgan fingerprint density at radius 2 is 1.94 bits per heavy atom. The van der Waals surface area contributed by atoms with Gasteiger partial charge in [-0.1, -0.05) is 11.6 Å². The van der Waals surface area contributed by atoms with E-state index in [2.05, 4.69) is 20.2 Å². The van der Waals surface area contributed by atoms with E-state index in [0.29, 0.717) is 22.2 Å². The van der Waals surface area contributed by atoms with Crippen LogP contribution in [0.2, 0.25) is 5.02 Å². The number of benzene rings is 1. The number of anilines is 1. The molecule has 0 spiro atoms. The van der Waals surface area contributed by atoms with E-state index in [1.54, 1.807) is 6.92 Å². The zero-order valence-corrected chi connectivity index (χ0v) is 18.6. The smallest absolute Gasteiger partial charge is 0.286 e. The van der Waals surface area contributed by atoms with E-state index in [-0.39, 0.29) is 22.3 Å². The number of hydrogen-bond acceptors (Lipinski definition) is 7. The molecule has 0 aliphatic carbocycles. The SMILES string of the molecule is CC(c1cnn(C(C)(C)C)c(=O)c1Cl)n1nc(-c2cc(O)cc(F)c2)c2c(N)ncnc21. The highest BCUT2D eigenvalue weighted by Gasteiger charge is 2.26. The number of halogens is 2. The molecule has 0 saturated carbocycles. The Balaban J connectivity index is 1.94. The molecule has 0 saturated heterocycles. The van der Waals surface area contributed by atoms with Gasteiger partial charge in [-0.3, -0.25) is 4.79 Å². The van der Waals surface area contributed by atoms with Gasteiger partial charge in [-0.2, -0.15) is 10.2 Å². The third-order valence-corrected chi connectivity index (χ3v) is 5.45. The second-order valence-electron chi connectivity index (χ2n) is 8.43. The molecule has 0 fully saturated rings. The normalized spacial score (nSPS) is 12.9. The van der Waals surface area contributed by atoms with E-state index >= 15 is 0 Å². The van der Waals surface area contributed by atoms with Gasteiger partial charge in [-0.05, 0) is 39.8 Å². The van der Waals surface area contributed by atoms with Gasteiger partial charge >= 0.3 is 0 Å². The number of nitrogen functional groups attached to an aromatic ring is 1. The predicted octanol–water partition coefficient (Wildman–Crippen LogP) is 3.49. The molecule has 0 aliphatic rings. The van der Waals surface area contributed by atoms with E-state index in [9.17, 15) is 14.3 Å². The van der Waals surface area contributed by atoms with Crippen molar-refractivity contribution in [3.8, 4) is 17.0 Å². The summed E-state index contributed by atoms with van der Waals surface area (Å²) in [7, 11) is 0. The molecular formula is C21H21ClFN7O2. The summed E-state index contributed by atoms with van der Waals surface area (Å²) >= 11 is 6.44. The lowest BCUT2D eigenvalue weighted by molar-refractivity contribution is 0.336. The maximum absolute atomic E-state index is 14.0. The van der Waals surface area contributed by atoms with Crippen LogP contribution >= 0.6 is 11.6 Å². The summed E-state index contributed by atoms with van der Waals surface area (Å²) in [6, 6.07) is 3.01. The maximum atomic E-state index is 14.0. The largest absolute Gasteiger partial charge is 0.508 e. The van der Waals surface area contributed by atoms with E-state index in [0.717, 1.165) is 6.07 Å². The number of nitrogens with zero attached hydrogens (tertiary/aromatic N) is 6. The molecule has 0 aliphatic heterocycles. The van der Waals surface area contributed by atoms with Crippen LogP contribution in [0.5, 0.6) is 5.75 Å². The van der Waals surface area contributed by atoms with Crippen LogP contribution in [0.15, 0.2) is 35.5 Å². The van der Waals surface area contributed by atoms with E-state index < -0.39 is 23.0 Å². The summed E-state index contributed by atoms with van der Waals surface area (Å²) in [6.07, 6.45) is 2.80. The number of hydrogen-bond donors (Lipinski definition) is 2. The monoisotopic (exact) mass is 457 g/mol. The topological polar surface area (TPSA) is 125 Å². The van der Waals surface area contributed by atoms with Crippen molar-refractivity contribution in [1.29, 1.82) is 0 Å². The van der Waals surface area contributed by atoms with E-state index in [4.69, 9.17) is 17.3 Å². The van der Waals surface area contributed by atoms with Crippen molar-refractivity contribution < 1.29 is 9.50 Å².